The predicted octanol–water partition coefficient (Wildman–Crippen LogP) is 5.46. The van der Waals surface area contributed by atoms with Gasteiger partial charge in [-0.1, -0.05) is 0 Å². The number of fused-ring (bicyclic) bond motifs is 4. The highest BCUT2D eigenvalue weighted by Crippen LogP contribution is 2.43. The Morgan fingerprint density at radius 1 is 1.10 bits per heavy atom. The fraction of sp³-hybridized carbons (Fsp3) is 0.214. The summed E-state index contributed by atoms with van der Waals surface area (Å²) in [7, 11) is 3.10. The topological polar surface area (TPSA) is 105 Å². The van der Waals surface area contributed by atoms with Crippen molar-refractivity contribution in [3.8, 4) is 33.7 Å². The molecule has 0 fully saturated rings. The molecular formula is C28H23FN4O5S. The van der Waals surface area contributed by atoms with Gasteiger partial charge in [-0.05, 0) is 48.9 Å². The van der Waals surface area contributed by atoms with Crippen LogP contribution in [0.25, 0.3) is 31.8 Å². The SMILES string of the molecule is COc1ccc(OC(=O)NCC2Cc3c(c(F)cc4nc(-c5cc(C)cc6nc(OC)cnc56)sc34)O2)cc1. The number of thiazole rings is 1. The molecule has 3 aromatic carbocycles. The molecule has 0 saturated carbocycles. The number of hydrogen-bond donors (Lipinski definition) is 1. The minimum Gasteiger partial charge on any atom is -0.497 e. The van der Waals surface area contributed by atoms with Crippen LogP contribution in [0.1, 0.15) is 11.1 Å². The molecule has 5 aromatic rings. The van der Waals surface area contributed by atoms with Gasteiger partial charge in [-0.3, -0.25) is 0 Å². The molecule has 1 aliphatic heterocycles. The maximum absolute atomic E-state index is 15.0. The number of nitrogens with one attached hydrogen (secondary N) is 1. The Morgan fingerprint density at radius 3 is 2.67 bits per heavy atom. The third-order valence-electron chi connectivity index (χ3n) is 6.35. The van der Waals surface area contributed by atoms with Crippen molar-refractivity contribution >= 4 is 38.7 Å². The van der Waals surface area contributed by atoms with E-state index in [0.717, 1.165) is 21.4 Å². The fourth-order valence-corrected chi connectivity index (χ4v) is 5.66. The number of benzene rings is 3. The standard InChI is InChI=1S/C28H23FN4O5S/c1-14-8-18(24-21(9-14)32-23(36-3)13-30-24)27-33-22-11-20(29)25-19(26(22)39-27)10-17(37-25)12-31-28(34)38-16-6-4-15(35-2)5-7-16/h4-9,11,13,17H,10,12H2,1-3H3,(H,31,34). The zero-order valence-electron chi connectivity index (χ0n) is 21.3. The number of carbonyl (C=O) groups excluding carboxylic acids is 1. The van der Waals surface area contributed by atoms with Crippen molar-refractivity contribution in [3.63, 3.8) is 0 Å². The number of carbonyl (C=O) groups is 1. The first-order valence-electron chi connectivity index (χ1n) is 12.1. The molecule has 1 aliphatic rings. The van der Waals surface area contributed by atoms with Crippen LogP contribution in [0.4, 0.5) is 9.18 Å². The third-order valence-corrected chi connectivity index (χ3v) is 7.51. The molecule has 1 amide bonds. The molecule has 11 heteroatoms. The summed E-state index contributed by atoms with van der Waals surface area (Å²) < 4.78 is 37.4. The van der Waals surface area contributed by atoms with Crippen LogP contribution >= 0.6 is 11.3 Å². The molecule has 0 bridgehead atoms. The van der Waals surface area contributed by atoms with Crippen molar-refractivity contribution in [2.24, 2.45) is 0 Å². The zero-order valence-corrected chi connectivity index (χ0v) is 22.1. The van der Waals surface area contributed by atoms with E-state index in [4.69, 9.17) is 23.9 Å². The van der Waals surface area contributed by atoms with E-state index in [1.807, 2.05) is 19.1 Å². The lowest BCUT2D eigenvalue weighted by Gasteiger charge is -2.12. The number of halogens is 1. The maximum Gasteiger partial charge on any atom is 0.412 e. The van der Waals surface area contributed by atoms with Gasteiger partial charge in [0.2, 0.25) is 5.88 Å². The van der Waals surface area contributed by atoms with E-state index in [1.54, 1.807) is 44.7 Å². The van der Waals surface area contributed by atoms with Crippen LogP contribution < -0.4 is 24.3 Å². The first kappa shape index (κ1) is 24.8. The summed E-state index contributed by atoms with van der Waals surface area (Å²) in [5.41, 5.74) is 4.45. The van der Waals surface area contributed by atoms with Gasteiger partial charge in [0.1, 0.15) is 22.6 Å². The van der Waals surface area contributed by atoms with Gasteiger partial charge in [0.15, 0.2) is 11.6 Å². The molecule has 198 valence electrons. The van der Waals surface area contributed by atoms with E-state index in [1.165, 1.54) is 17.4 Å². The van der Waals surface area contributed by atoms with Gasteiger partial charge in [-0.2, -0.15) is 0 Å². The van der Waals surface area contributed by atoms with E-state index < -0.39 is 18.0 Å². The zero-order chi connectivity index (χ0) is 27.1. The minimum atomic E-state index is -0.630. The Morgan fingerprint density at radius 2 is 1.90 bits per heavy atom. The van der Waals surface area contributed by atoms with Crippen molar-refractivity contribution in [3.05, 3.63) is 65.6 Å². The molecule has 2 aromatic heterocycles. The summed E-state index contributed by atoms with van der Waals surface area (Å²) in [6.45, 7) is 2.12. The Kier molecular flexibility index (Phi) is 6.35. The van der Waals surface area contributed by atoms with Crippen molar-refractivity contribution in [2.45, 2.75) is 19.4 Å². The van der Waals surface area contributed by atoms with Crippen LogP contribution in [-0.4, -0.2) is 47.9 Å². The highest BCUT2D eigenvalue weighted by molar-refractivity contribution is 7.22. The third kappa shape index (κ3) is 4.76. The summed E-state index contributed by atoms with van der Waals surface area (Å²) in [6.07, 6.45) is 0.901. The Balaban J connectivity index is 1.23. The van der Waals surface area contributed by atoms with Gasteiger partial charge in [0, 0.05) is 23.6 Å². The Hall–Kier alpha value is -4.51. The number of methoxy groups -OCH3 is 2. The molecule has 1 unspecified atom stereocenters. The number of ether oxygens (including phenoxy) is 4. The molecule has 0 aliphatic carbocycles. The number of aryl methyl sites for hydroxylation is 1. The second-order valence-corrected chi connectivity index (χ2v) is 10.0. The van der Waals surface area contributed by atoms with Gasteiger partial charge >= 0.3 is 6.09 Å². The first-order chi connectivity index (χ1) is 18.9. The summed E-state index contributed by atoms with van der Waals surface area (Å²) in [4.78, 5) is 26.1. The van der Waals surface area contributed by atoms with E-state index in [0.29, 0.717) is 45.4 Å². The number of amides is 1. The summed E-state index contributed by atoms with van der Waals surface area (Å²) in [5, 5.41) is 3.40. The number of hydrogen-bond acceptors (Lipinski definition) is 9. The molecule has 0 spiro atoms. The smallest absolute Gasteiger partial charge is 0.412 e. The van der Waals surface area contributed by atoms with E-state index >= 15 is 4.39 Å². The van der Waals surface area contributed by atoms with Crippen molar-refractivity contribution in [1.82, 2.24) is 20.3 Å². The molecule has 9 nitrogen and oxygen atoms in total. The summed E-state index contributed by atoms with van der Waals surface area (Å²) >= 11 is 1.45. The lowest BCUT2D eigenvalue weighted by atomic mass is 10.1. The predicted molar refractivity (Wildman–Crippen MR) is 145 cm³/mol. The van der Waals surface area contributed by atoms with Crippen LogP contribution in [0.5, 0.6) is 23.1 Å². The lowest BCUT2D eigenvalue weighted by molar-refractivity contribution is 0.184. The van der Waals surface area contributed by atoms with Gasteiger partial charge in [-0.15, -0.1) is 11.3 Å². The quantitative estimate of drug-likeness (QED) is 0.299. The molecular weight excluding hydrogens is 523 g/mol. The van der Waals surface area contributed by atoms with Crippen LogP contribution in [0, 0.1) is 12.7 Å². The normalized spacial score (nSPS) is 14.2. The van der Waals surface area contributed by atoms with E-state index in [2.05, 4.69) is 15.3 Å². The largest absolute Gasteiger partial charge is 0.497 e. The highest BCUT2D eigenvalue weighted by Gasteiger charge is 2.30. The van der Waals surface area contributed by atoms with Gasteiger partial charge in [-0.25, -0.2) is 24.1 Å². The Bertz CT molecular complexity index is 1720. The summed E-state index contributed by atoms with van der Waals surface area (Å²) in [6, 6.07) is 12.0. The lowest BCUT2D eigenvalue weighted by Crippen LogP contribution is -2.36. The average Bonchev–Trinajstić information content (AvgIpc) is 3.56. The molecule has 0 radical (unpaired) electrons. The second-order valence-electron chi connectivity index (χ2n) is 9.02. The molecule has 1 N–H and O–H groups in total. The fourth-order valence-electron chi connectivity index (χ4n) is 4.55. The Labute approximate surface area is 226 Å². The van der Waals surface area contributed by atoms with Crippen molar-refractivity contribution in [2.75, 3.05) is 20.8 Å². The summed E-state index contributed by atoms with van der Waals surface area (Å²) in [5.74, 6) is 1.15. The average molecular weight is 547 g/mol. The maximum atomic E-state index is 15.0. The van der Waals surface area contributed by atoms with E-state index in [9.17, 15) is 4.79 Å². The minimum absolute atomic E-state index is 0.149. The van der Waals surface area contributed by atoms with Gasteiger partial charge in [0.25, 0.3) is 0 Å². The van der Waals surface area contributed by atoms with Crippen molar-refractivity contribution in [1.29, 1.82) is 0 Å². The van der Waals surface area contributed by atoms with E-state index in [-0.39, 0.29) is 12.3 Å². The number of rotatable bonds is 6. The number of aromatic nitrogens is 3. The monoisotopic (exact) mass is 546 g/mol. The van der Waals surface area contributed by atoms with Crippen LogP contribution in [0.3, 0.4) is 0 Å². The van der Waals surface area contributed by atoms with Crippen LogP contribution in [0.15, 0.2) is 48.7 Å². The molecule has 0 saturated heterocycles. The highest BCUT2D eigenvalue weighted by atomic mass is 32.1. The van der Waals surface area contributed by atoms with Crippen LogP contribution in [-0.2, 0) is 6.42 Å². The van der Waals surface area contributed by atoms with Gasteiger partial charge < -0.3 is 24.3 Å². The molecule has 1 atom stereocenters. The van der Waals surface area contributed by atoms with Crippen LogP contribution in [0.2, 0.25) is 0 Å². The van der Waals surface area contributed by atoms with Crippen molar-refractivity contribution < 1.29 is 28.1 Å². The molecule has 3 heterocycles. The first-order valence-corrected chi connectivity index (χ1v) is 12.9. The van der Waals surface area contributed by atoms with Gasteiger partial charge in [0.05, 0.1) is 48.2 Å². The molecule has 39 heavy (non-hydrogen) atoms. The second kappa shape index (κ2) is 9.99. The molecule has 6 rings (SSSR count). The number of nitrogens with zero attached hydrogens (tertiary/aromatic N) is 3.